The molecule has 0 radical (unpaired) electrons. The molecule has 0 spiro atoms. The highest BCUT2D eigenvalue weighted by molar-refractivity contribution is 5.74. The van der Waals surface area contributed by atoms with Crippen LogP contribution in [0.3, 0.4) is 0 Å². The average Bonchev–Trinajstić information content (AvgIpc) is 2.37. The highest BCUT2D eigenvalue weighted by atomic mass is 16.2. The zero-order valence-electron chi connectivity index (χ0n) is 14.9. The number of hydrogen-bond acceptors (Lipinski definition) is 2. The van der Waals surface area contributed by atoms with Crippen LogP contribution in [-0.2, 0) is 0 Å². The number of quaternary nitrogens is 1. The number of amides is 2. The minimum Gasteiger partial charge on any atom is -0.378 e. The van der Waals surface area contributed by atoms with E-state index in [1.807, 2.05) is 34.9 Å². The van der Waals surface area contributed by atoms with Crippen LogP contribution in [0.4, 0.5) is 10.5 Å². The molecule has 1 atom stereocenters. The fourth-order valence-electron chi connectivity index (χ4n) is 2.24. The van der Waals surface area contributed by atoms with Crippen LogP contribution >= 0.6 is 0 Å². The van der Waals surface area contributed by atoms with Crippen molar-refractivity contribution in [2.45, 2.75) is 32.4 Å². The Morgan fingerprint density at radius 3 is 2.14 bits per heavy atom. The number of rotatable bonds is 5. The van der Waals surface area contributed by atoms with E-state index in [0.717, 1.165) is 0 Å². The number of likely N-dealkylation sites (N-methyl/N-ethyl adjacent to an activating group) is 1. The molecule has 0 aliphatic carbocycles. The molecule has 1 rings (SSSR count). The van der Waals surface area contributed by atoms with Gasteiger partial charge in [-0.3, -0.25) is 0 Å². The Balaban J connectivity index is 2.72. The van der Waals surface area contributed by atoms with Gasteiger partial charge in [0.15, 0.2) is 0 Å². The molecule has 0 bridgehead atoms. The van der Waals surface area contributed by atoms with Crippen molar-refractivity contribution in [3.05, 3.63) is 29.8 Å². The molecule has 0 fully saturated rings. The van der Waals surface area contributed by atoms with Crippen LogP contribution in [0, 0.1) is 0 Å². The SMILES string of the molecule is CN(C)c1ccc([C@@H](CNC(=O)NC(C)(C)C)[NH+](C)C)cc1. The lowest BCUT2D eigenvalue weighted by molar-refractivity contribution is -0.890. The van der Waals surface area contributed by atoms with E-state index < -0.39 is 0 Å². The van der Waals surface area contributed by atoms with E-state index in [1.54, 1.807) is 0 Å². The third kappa shape index (κ3) is 5.93. The van der Waals surface area contributed by atoms with Gasteiger partial charge in [-0.05, 0) is 32.9 Å². The second-order valence-electron chi connectivity index (χ2n) is 7.20. The van der Waals surface area contributed by atoms with Gasteiger partial charge in [-0.25, -0.2) is 4.79 Å². The lowest BCUT2D eigenvalue weighted by Gasteiger charge is -2.25. The Bertz CT molecular complexity index is 474. The Hall–Kier alpha value is -1.75. The largest absolute Gasteiger partial charge is 0.378 e. The van der Waals surface area contributed by atoms with E-state index >= 15 is 0 Å². The van der Waals surface area contributed by atoms with Gasteiger partial charge in [0.1, 0.15) is 6.04 Å². The number of carbonyl (C=O) groups excluding carboxylic acids is 1. The second-order valence-corrected chi connectivity index (χ2v) is 7.20. The maximum Gasteiger partial charge on any atom is 0.315 e. The molecule has 2 amide bonds. The van der Waals surface area contributed by atoms with Crippen LogP contribution in [0.15, 0.2) is 24.3 Å². The first-order chi connectivity index (χ1) is 10.1. The zero-order chi connectivity index (χ0) is 16.9. The van der Waals surface area contributed by atoms with E-state index in [4.69, 9.17) is 0 Å². The van der Waals surface area contributed by atoms with E-state index in [1.165, 1.54) is 16.2 Å². The minimum atomic E-state index is -0.224. The van der Waals surface area contributed by atoms with Crippen molar-refractivity contribution < 1.29 is 9.69 Å². The molecule has 22 heavy (non-hydrogen) atoms. The summed E-state index contributed by atoms with van der Waals surface area (Å²) in [5, 5.41) is 5.90. The van der Waals surface area contributed by atoms with Crippen LogP contribution in [0.2, 0.25) is 0 Å². The molecule has 0 aliphatic rings. The van der Waals surface area contributed by atoms with Crippen LogP contribution in [0.1, 0.15) is 32.4 Å². The topological polar surface area (TPSA) is 48.8 Å². The number of nitrogens with one attached hydrogen (secondary N) is 3. The summed E-state index contributed by atoms with van der Waals surface area (Å²) >= 11 is 0. The summed E-state index contributed by atoms with van der Waals surface area (Å²) < 4.78 is 0. The van der Waals surface area contributed by atoms with Crippen molar-refractivity contribution in [1.29, 1.82) is 0 Å². The lowest BCUT2D eigenvalue weighted by Crippen LogP contribution is -3.07. The van der Waals surface area contributed by atoms with Crippen LogP contribution in [0.5, 0.6) is 0 Å². The van der Waals surface area contributed by atoms with Gasteiger partial charge in [-0.1, -0.05) is 12.1 Å². The summed E-state index contributed by atoms with van der Waals surface area (Å²) in [6, 6.07) is 8.60. The van der Waals surface area contributed by atoms with E-state index in [9.17, 15) is 4.79 Å². The second kappa shape index (κ2) is 7.49. The van der Waals surface area contributed by atoms with Gasteiger partial charge in [0, 0.05) is 30.9 Å². The van der Waals surface area contributed by atoms with Crippen molar-refractivity contribution in [1.82, 2.24) is 10.6 Å². The Morgan fingerprint density at radius 1 is 1.18 bits per heavy atom. The average molecular weight is 307 g/mol. The van der Waals surface area contributed by atoms with Gasteiger partial charge in [0.2, 0.25) is 0 Å². The van der Waals surface area contributed by atoms with Gasteiger partial charge in [-0.2, -0.15) is 0 Å². The van der Waals surface area contributed by atoms with Crippen molar-refractivity contribution >= 4 is 11.7 Å². The molecule has 0 saturated carbocycles. The van der Waals surface area contributed by atoms with Gasteiger partial charge < -0.3 is 20.4 Å². The first-order valence-electron chi connectivity index (χ1n) is 7.73. The molecule has 124 valence electrons. The Labute approximate surface area is 134 Å². The molecular weight excluding hydrogens is 276 g/mol. The number of nitrogens with zero attached hydrogens (tertiary/aromatic N) is 1. The molecule has 5 nitrogen and oxygen atoms in total. The number of hydrogen-bond donors (Lipinski definition) is 3. The summed E-state index contributed by atoms with van der Waals surface area (Å²) in [6.07, 6.45) is 0. The maximum atomic E-state index is 11.9. The Morgan fingerprint density at radius 2 is 1.73 bits per heavy atom. The van der Waals surface area contributed by atoms with Gasteiger partial charge in [-0.15, -0.1) is 0 Å². The molecule has 0 saturated heterocycles. The summed E-state index contributed by atoms with van der Waals surface area (Å²) in [7, 11) is 8.27. The van der Waals surface area contributed by atoms with Crippen molar-refractivity contribution in [3.8, 4) is 0 Å². The smallest absolute Gasteiger partial charge is 0.315 e. The maximum absolute atomic E-state index is 11.9. The van der Waals surface area contributed by atoms with Crippen LogP contribution < -0.4 is 20.4 Å². The van der Waals surface area contributed by atoms with E-state index in [0.29, 0.717) is 6.54 Å². The number of anilines is 1. The monoisotopic (exact) mass is 307 g/mol. The predicted octanol–water partition coefficient (Wildman–Crippen LogP) is 1.04. The molecule has 0 aromatic heterocycles. The summed E-state index contributed by atoms with van der Waals surface area (Å²) in [5.41, 5.74) is 2.18. The first-order valence-corrected chi connectivity index (χ1v) is 7.73. The number of benzene rings is 1. The standard InChI is InChI=1S/C17H30N4O/c1-17(2,3)19-16(22)18-12-15(21(6)7)13-8-10-14(11-9-13)20(4)5/h8-11,15H,12H2,1-7H3,(H2,18,19,22)/p+1/t15-/m1/s1. The van der Waals surface area contributed by atoms with Gasteiger partial charge in [0.25, 0.3) is 0 Å². The predicted molar refractivity (Wildman–Crippen MR) is 92.6 cm³/mol. The van der Waals surface area contributed by atoms with E-state index in [2.05, 4.69) is 53.9 Å². The highest BCUT2D eigenvalue weighted by Crippen LogP contribution is 2.16. The van der Waals surface area contributed by atoms with Gasteiger partial charge in [0.05, 0.1) is 20.6 Å². The molecule has 0 unspecified atom stereocenters. The molecule has 0 heterocycles. The lowest BCUT2D eigenvalue weighted by atomic mass is 10.1. The first kappa shape index (κ1) is 18.3. The summed E-state index contributed by atoms with van der Waals surface area (Å²) in [5.74, 6) is 0. The third-order valence-electron chi connectivity index (χ3n) is 3.46. The van der Waals surface area contributed by atoms with Crippen LogP contribution in [-0.4, -0.2) is 46.3 Å². The molecule has 0 aliphatic heterocycles. The normalized spacial score (nSPS) is 12.9. The third-order valence-corrected chi connectivity index (χ3v) is 3.46. The number of carbonyl (C=O) groups is 1. The quantitative estimate of drug-likeness (QED) is 0.761. The minimum absolute atomic E-state index is 0.122. The Kier molecular flexibility index (Phi) is 6.23. The molecule has 1 aromatic carbocycles. The van der Waals surface area contributed by atoms with Crippen molar-refractivity contribution in [2.75, 3.05) is 39.6 Å². The van der Waals surface area contributed by atoms with E-state index in [-0.39, 0.29) is 17.6 Å². The number of urea groups is 1. The molecule has 5 heteroatoms. The highest BCUT2D eigenvalue weighted by Gasteiger charge is 2.20. The van der Waals surface area contributed by atoms with Gasteiger partial charge >= 0.3 is 6.03 Å². The summed E-state index contributed by atoms with van der Waals surface area (Å²) in [4.78, 5) is 15.3. The zero-order valence-corrected chi connectivity index (χ0v) is 14.9. The summed E-state index contributed by atoms with van der Waals surface area (Å²) in [6.45, 7) is 6.52. The molecule has 3 N–H and O–H groups in total. The van der Waals surface area contributed by atoms with Crippen molar-refractivity contribution in [3.63, 3.8) is 0 Å². The molecular formula is C17H31N4O+. The molecule has 1 aromatic rings. The fraction of sp³-hybridized carbons (Fsp3) is 0.588. The van der Waals surface area contributed by atoms with Crippen molar-refractivity contribution in [2.24, 2.45) is 0 Å². The fourth-order valence-corrected chi connectivity index (χ4v) is 2.24. The van der Waals surface area contributed by atoms with Crippen LogP contribution in [0.25, 0.3) is 0 Å².